The van der Waals surface area contributed by atoms with Crippen LogP contribution in [0.1, 0.15) is 11.3 Å². The molecule has 1 heterocycles. The summed E-state index contributed by atoms with van der Waals surface area (Å²) in [5, 5.41) is 3.11. The second kappa shape index (κ2) is 5.78. The predicted molar refractivity (Wildman–Crippen MR) is 65.3 cm³/mol. The Hall–Kier alpha value is -1.68. The zero-order chi connectivity index (χ0) is 13.0. The molecule has 1 aromatic carbocycles. The van der Waals surface area contributed by atoms with Crippen molar-refractivity contribution in [2.75, 3.05) is 7.05 Å². The fourth-order valence-electron chi connectivity index (χ4n) is 1.90. The van der Waals surface area contributed by atoms with Crippen LogP contribution < -0.4 is 5.32 Å². The number of likely N-dealkylation sites (N-methyl/N-ethyl adjacent to an activating group) is 1. The first-order valence-corrected chi connectivity index (χ1v) is 5.82. The second-order valence-corrected chi connectivity index (χ2v) is 4.21. The Balaban J connectivity index is 2.05. The zero-order valence-corrected chi connectivity index (χ0v) is 10.1. The predicted octanol–water partition coefficient (Wildman–Crippen LogP) is 2.93. The summed E-state index contributed by atoms with van der Waals surface area (Å²) in [4.78, 5) is 0. The molecule has 0 fully saturated rings. The van der Waals surface area contributed by atoms with Gasteiger partial charge in [0.2, 0.25) is 0 Å². The Morgan fingerprint density at radius 1 is 1.22 bits per heavy atom. The van der Waals surface area contributed by atoms with E-state index in [0.717, 1.165) is 11.8 Å². The third-order valence-electron chi connectivity index (χ3n) is 2.92. The lowest BCUT2D eigenvalue weighted by atomic mass is 10.0. The molecule has 0 bridgehead atoms. The minimum atomic E-state index is -0.553. The molecular formula is C14H15F2NO. The van der Waals surface area contributed by atoms with Crippen molar-refractivity contribution in [1.82, 2.24) is 5.32 Å². The van der Waals surface area contributed by atoms with E-state index >= 15 is 0 Å². The zero-order valence-electron chi connectivity index (χ0n) is 10.1. The molecule has 0 amide bonds. The molecule has 0 saturated carbocycles. The Morgan fingerprint density at radius 2 is 2.06 bits per heavy atom. The van der Waals surface area contributed by atoms with Crippen LogP contribution in [0.15, 0.2) is 41.0 Å². The van der Waals surface area contributed by atoms with E-state index in [9.17, 15) is 8.78 Å². The summed E-state index contributed by atoms with van der Waals surface area (Å²) in [5.41, 5.74) is 0.502. The van der Waals surface area contributed by atoms with E-state index in [4.69, 9.17) is 4.42 Å². The van der Waals surface area contributed by atoms with Gasteiger partial charge in [0.05, 0.1) is 6.26 Å². The van der Waals surface area contributed by atoms with Gasteiger partial charge in [-0.15, -0.1) is 0 Å². The van der Waals surface area contributed by atoms with Crippen molar-refractivity contribution in [3.8, 4) is 0 Å². The first-order valence-electron chi connectivity index (χ1n) is 5.82. The maximum absolute atomic E-state index is 13.5. The van der Waals surface area contributed by atoms with Gasteiger partial charge in [-0.25, -0.2) is 8.78 Å². The Morgan fingerprint density at radius 3 is 2.67 bits per heavy atom. The van der Waals surface area contributed by atoms with Crippen LogP contribution in [-0.2, 0) is 12.8 Å². The van der Waals surface area contributed by atoms with Crippen molar-refractivity contribution in [3.63, 3.8) is 0 Å². The lowest BCUT2D eigenvalue weighted by molar-refractivity contribution is 0.451. The van der Waals surface area contributed by atoms with Crippen molar-refractivity contribution >= 4 is 0 Å². The molecule has 1 unspecified atom stereocenters. The lowest BCUT2D eigenvalue weighted by Crippen LogP contribution is -2.30. The molecule has 1 N–H and O–H groups in total. The van der Waals surface area contributed by atoms with E-state index in [0.29, 0.717) is 18.4 Å². The molecule has 0 spiro atoms. The highest BCUT2D eigenvalue weighted by Crippen LogP contribution is 2.14. The van der Waals surface area contributed by atoms with Gasteiger partial charge in [-0.05, 0) is 37.2 Å². The maximum atomic E-state index is 13.5. The van der Waals surface area contributed by atoms with Crippen molar-refractivity contribution in [3.05, 3.63) is 59.6 Å². The van der Waals surface area contributed by atoms with Gasteiger partial charge in [0, 0.05) is 18.5 Å². The van der Waals surface area contributed by atoms with Gasteiger partial charge in [0.1, 0.15) is 17.4 Å². The van der Waals surface area contributed by atoms with Gasteiger partial charge in [-0.1, -0.05) is 6.07 Å². The normalized spacial score (nSPS) is 12.6. The molecule has 96 valence electrons. The van der Waals surface area contributed by atoms with E-state index in [-0.39, 0.29) is 6.04 Å². The van der Waals surface area contributed by atoms with Crippen LogP contribution in [0.5, 0.6) is 0 Å². The van der Waals surface area contributed by atoms with Crippen LogP contribution in [0.25, 0.3) is 0 Å². The van der Waals surface area contributed by atoms with E-state index in [1.807, 2.05) is 19.2 Å². The largest absolute Gasteiger partial charge is 0.469 e. The molecule has 2 aromatic rings. The van der Waals surface area contributed by atoms with Crippen molar-refractivity contribution < 1.29 is 13.2 Å². The van der Waals surface area contributed by atoms with Crippen LogP contribution in [0.4, 0.5) is 8.78 Å². The summed E-state index contributed by atoms with van der Waals surface area (Å²) >= 11 is 0. The molecule has 1 atom stereocenters. The van der Waals surface area contributed by atoms with Crippen molar-refractivity contribution in [1.29, 1.82) is 0 Å². The lowest BCUT2D eigenvalue weighted by Gasteiger charge is -2.15. The molecule has 2 nitrogen and oxygen atoms in total. The fraction of sp³-hybridized carbons (Fsp3) is 0.286. The van der Waals surface area contributed by atoms with Gasteiger partial charge >= 0.3 is 0 Å². The number of furan rings is 1. The topological polar surface area (TPSA) is 25.2 Å². The summed E-state index contributed by atoms with van der Waals surface area (Å²) < 4.78 is 31.6. The molecule has 1 aromatic heterocycles. The highest BCUT2D eigenvalue weighted by Gasteiger charge is 2.13. The smallest absolute Gasteiger partial charge is 0.129 e. The summed E-state index contributed by atoms with van der Waals surface area (Å²) in [6.45, 7) is 0. The molecule has 0 saturated heterocycles. The number of nitrogens with one attached hydrogen (secondary N) is 1. The quantitative estimate of drug-likeness (QED) is 0.883. The minimum Gasteiger partial charge on any atom is -0.469 e. The number of halogens is 2. The SMILES string of the molecule is CNC(Cc1ccco1)Cc1ccc(F)cc1F. The van der Waals surface area contributed by atoms with E-state index in [1.54, 1.807) is 6.26 Å². The molecule has 0 aliphatic carbocycles. The van der Waals surface area contributed by atoms with Gasteiger partial charge in [0.25, 0.3) is 0 Å². The first-order chi connectivity index (χ1) is 8.69. The summed E-state index contributed by atoms with van der Waals surface area (Å²) in [6, 6.07) is 7.42. The third-order valence-corrected chi connectivity index (χ3v) is 2.92. The van der Waals surface area contributed by atoms with Crippen LogP contribution >= 0.6 is 0 Å². The van der Waals surface area contributed by atoms with Crippen molar-refractivity contribution in [2.24, 2.45) is 0 Å². The van der Waals surface area contributed by atoms with Gasteiger partial charge in [0.15, 0.2) is 0 Å². The molecule has 0 radical (unpaired) electrons. The molecular weight excluding hydrogens is 236 g/mol. The standard InChI is InChI=1S/C14H15F2NO/c1-17-12(9-13-3-2-6-18-13)7-10-4-5-11(15)8-14(10)16/h2-6,8,12,17H,7,9H2,1H3. The van der Waals surface area contributed by atoms with E-state index in [1.165, 1.54) is 12.1 Å². The van der Waals surface area contributed by atoms with Gasteiger partial charge in [-0.2, -0.15) is 0 Å². The number of hydrogen-bond donors (Lipinski definition) is 1. The minimum absolute atomic E-state index is 0.0520. The second-order valence-electron chi connectivity index (χ2n) is 4.21. The molecule has 18 heavy (non-hydrogen) atoms. The van der Waals surface area contributed by atoms with Crippen molar-refractivity contribution in [2.45, 2.75) is 18.9 Å². The van der Waals surface area contributed by atoms with Crippen LogP contribution in [0, 0.1) is 11.6 Å². The fourth-order valence-corrected chi connectivity index (χ4v) is 1.90. The average Bonchev–Trinajstić information content (AvgIpc) is 2.84. The summed E-state index contributed by atoms with van der Waals surface area (Å²) in [7, 11) is 1.81. The molecule has 0 aliphatic heterocycles. The maximum Gasteiger partial charge on any atom is 0.129 e. The molecule has 0 aliphatic rings. The molecule has 4 heteroatoms. The Kier molecular flexibility index (Phi) is 4.10. The Labute approximate surface area is 105 Å². The number of rotatable bonds is 5. The highest BCUT2D eigenvalue weighted by molar-refractivity contribution is 5.20. The Bertz CT molecular complexity index is 497. The first kappa shape index (κ1) is 12.8. The average molecular weight is 251 g/mol. The number of hydrogen-bond acceptors (Lipinski definition) is 2. The van der Waals surface area contributed by atoms with Gasteiger partial charge in [-0.3, -0.25) is 0 Å². The van der Waals surface area contributed by atoms with E-state index in [2.05, 4.69) is 5.32 Å². The highest BCUT2D eigenvalue weighted by atomic mass is 19.1. The van der Waals surface area contributed by atoms with Gasteiger partial charge < -0.3 is 9.73 Å². The van der Waals surface area contributed by atoms with E-state index < -0.39 is 11.6 Å². The van der Waals surface area contributed by atoms with Crippen LogP contribution in [0.3, 0.4) is 0 Å². The monoisotopic (exact) mass is 251 g/mol. The third kappa shape index (κ3) is 3.17. The van der Waals surface area contributed by atoms with Crippen LogP contribution in [-0.4, -0.2) is 13.1 Å². The summed E-state index contributed by atoms with van der Waals surface area (Å²) in [5.74, 6) is -0.213. The summed E-state index contributed by atoms with van der Waals surface area (Å²) in [6.07, 6.45) is 2.77. The molecule has 2 rings (SSSR count). The number of benzene rings is 1. The van der Waals surface area contributed by atoms with Crippen LogP contribution in [0.2, 0.25) is 0 Å².